The normalized spacial score (nSPS) is 11.7. The van der Waals surface area contributed by atoms with Crippen molar-refractivity contribution >= 4 is 5.69 Å². The molecule has 0 fully saturated rings. The van der Waals surface area contributed by atoms with E-state index in [9.17, 15) is 4.39 Å². The maximum Gasteiger partial charge on any atom is 0.247 e. The van der Waals surface area contributed by atoms with Crippen LogP contribution in [0.5, 0.6) is 11.5 Å². The lowest BCUT2D eigenvalue weighted by molar-refractivity contribution is 0.394. The summed E-state index contributed by atoms with van der Waals surface area (Å²) in [7, 11) is 3.13. The Labute approximate surface area is 173 Å². The first-order chi connectivity index (χ1) is 14.7. The molecular formula is C23H20FN3O3. The van der Waals surface area contributed by atoms with E-state index < -0.39 is 6.04 Å². The maximum absolute atomic E-state index is 14.7. The van der Waals surface area contributed by atoms with Gasteiger partial charge in [-0.05, 0) is 18.2 Å². The number of nitrogens with zero attached hydrogens (tertiary/aromatic N) is 2. The average Bonchev–Trinajstić information content (AvgIpc) is 3.28. The summed E-state index contributed by atoms with van der Waals surface area (Å²) in [5.41, 5.74) is 1.81. The standard InChI is InChI=1S/C23H20FN3O3/c1-28-17-12-16(13-18(14-17)29-2)25-21(19-10-6-7-11-20(19)24)23-27-26-22(30-23)15-8-4-3-5-9-15/h3-14,21,25H,1-2H3/t21-/m1/s1. The Morgan fingerprint density at radius 1 is 0.867 bits per heavy atom. The molecule has 1 aromatic heterocycles. The fourth-order valence-electron chi connectivity index (χ4n) is 3.09. The lowest BCUT2D eigenvalue weighted by Gasteiger charge is -2.18. The molecule has 6 nitrogen and oxygen atoms in total. The van der Waals surface area contributed by atoms with Gasteiger partial charge in [-0.1, -0.05) is 36.4 Å². The molecule has 7 heteroatoms. The molecule has 1 atom stereocenters. The summed E-state index contributed by atoms with van der Waals surface area (Å²) in [6.45, 7) is 0. The van der Waals surface area contributed by atoms with Gasteiger partial charge in [0.15, 0.2) is 0 Å². The van der Waals surface area contributed by atoms with Crippen LogP contribution in [-0.2, 0) is 0 Å². The van der Waals surface area contributed by atoms with Gasteiger partial charge in [0.1, 0.15) is 23.4 Å². The third-order valence-corrected chi connectivity index (χ3v) is 4.59. The number of ether oxygens (including phenoxy) is 2. The van der Waals surface area contributed by atoms with Crippen molar-refractivity contribution < 1.29 is 18.3 Å². The molecule has 0 amide bonds. The first-order valence-electron chi connectivity index (χ1n) is 9.31. The molecule has 4 aromatic rings. The van der Waals surface area contributed by atoms with Crippen LogP contribution in [0.3, 0.4) is 0 Å². The zero-order valence-electron chi connectivity index (χ0n) is 16.5. The Balaban J connectivity index is 1.75. The van der Waals surface area contributed by atoms with Gasteiger partial charge in [-0.15, -0.1) is 10.2 Å². The highest BCUT2D eigenvalue weighted by atomic mass is 19.1. The quantitative estimate of drug-likeness (QED) is 0.462. The van der Waals surface area contributed by atoms with E-state index >= 15 is 0 Å². The summed E-state index contributed by atoms with van der Waals surface area (Å²) in [6.07, 6.45) is 0. The van der Waals surface area contributed by atoms with Crippen molar-refractivity contribution in [2.24, 2.45) is 0 Å². The van der Waals surface area contributed by atoms with E-state index in [2.05, 4.69) is 15.5 Å². The third-order valence-electron chi connectivity index (χ3n) is 4.59. The molecule has 0 saturated heterocycles. The molecule has 0 radical (unpaired) electrons. The van der Waals surface area contributed by atoms with E-state index in [4.69, 9.17) is 13.9 Å². The molecule has 0 aliphatic carbocycles. The van der Waals surface area contributed by atoms with Crippen LogP contribution < -0.4 is 14.8 Å². The monoisotopic (exact) mass is 405 g/mol. The van der Waals surface area contributed by atoms with Crippen LogP contribution in [0.2, 0.25) is 0 Å². The Morgan fingerprint density at radius 3 is 2.20 bits per heavy atom. The van der Waals surface area contributed by atoms with Gasteiger partial charge in [0.25, 0.3) is 0 Å². The predicted octanol–water partition coefficient (Wildman–Crippen LogP) is 5.09. The molecule has 0 aliphatic heterocycles. The molecule has 1 N–H and O–H groups in total. The maximum atomic E-state index is 14.7. The molecule has 1 heterocycles. The van der Waals surface area contributed by atoms with Crippen molar-refractivity contribution in [1.82, 2.24) is 10.2 Å². The molecule has 0 aliphatic rings. The third kappa shape index (κ3) is 4.10. The van der Waals surface area contributed by atoms with E-state index in [-0.39, 0.29) is 11.7 Å². The average molecular weight is 405 g/mol. The summed E-state index contributed by atoms with van der Waals surface area (Å²) >= 11 is 0. The number of halogens is 1. The van der Waals surface area contributed by atoms with E-state index in [0.29, 0.717) is 28.6 Å². The van der Waals surface area contributed by atoms with Gasteiger partial charge < -0.3 is 19.2 Å². The minimum absolute atomic E-state index is 0.237. The van der Waals surface area contributed by atoms with Gasteiger partial charge in [0.05, 0.1) is 14.2 Å². The van der Waals surface area contributed by atoms with Gasteiger partial charge in [0.2, 0.25) is 11.8 Å². The van der Waals surface area contributed by atoms with Crippen LogP contribution in [0.1, 0.15) is 17.5 Å². The predicted molar refractivity (Wildman–Crippen MR) is 111 cm³/mol. The topological polar surface area (TPSA) is 69.4 Å². The van der Waals surface area contributed by atoms with Crippen LogP contribution in [0.25, 0.3) is 11.5 Å². The second-order valence-electron chi connectivity index (χ2n) is 6.51. The molecule has 3 aromatic carbocycles. The Morgan fingerprint density at radius 2 is 1.53 bits per heavy atom. The SMILES string of the molecule is COc1cc(N[C@@H](c2nnc(-c3ccccc3)o2)c2ccccc2F)cc(OC)c1. The van der Waals surface area contributed by atoms with Gasteiger partial charge in [-0.3, -0.25) is 0 Å². The van der Waals surface area contributed by atoms with E-state index in [0.717, 1.165) is 5.56 Å². The highest BCUT2D eigenvalue weighted by Gasteiger charge is 2.24. The zero-order valence-corrected chi connectivity index (χ0v) is 16.5. The Bertz CT molecular complexity index is 1110. The van der Waals surface area contributed by atoms with Crippen molar-refractivity contribution in [3.05, 3.63) is 90.1 Å². The van der Waals surface area contributed by atoms with Crippen molar-refractivity contribution in [3.8, 4) is 23.0 Å². The van der Waals surface area contributed by atoms with Gasteiger partial charge in [-0.2, -0.15) is 0 Å². The highest BCUT2D eigenvalue weighted by Crippen LogP contribution is 2.33. The summed E-state index contributed by atoms with van der Waals surface area (Å²) in [5.74, 6) is 1.40. The van der Waals surface area contributed by atoms with E-state index in [1.807, 2.05) is 30.3 Å². The van der Waals surface area contributed by atoms with Crippen molar-refractivity contribution in [2.45, 2.75) is 6.04 Å². The fourth-order valence-corrected chi connectivity index (χ4v) is 3.09. The smallest absolute Gasteiger partial charge is 0.247 e. The van der Waals surface area contributed by atoms with Crippen molar-refractivity contribution in [2.75, 3.05) is 19.5 Å². The second kappa shape index (κ2) is 8.65. The minimum Gasteiger partial charge on any atom is -0.497 e. The minimum atomic E-state index is -0.715. The van der Waals surface area contributed by atoms with Crippen LogP contribution in [0.15, 0.2) is 77.2 Å². The lowest BCUT2D eigenvalue weighted by Crippen LogP contribution is -2.14. The molecule has 30 heavy (non-hydrogen) atoms. The number of aromatic nitrogens is 2. The first-order valence-corrected chi connectivity index (χ1v) is 9.31. The number of rotatable bonds is 7. The van der Waals surface area contributed by atoms with E-state index in [1.165, 1.54) is 6.07 Å². The number of anilines is 1. The van der Waals surface area contributed by atoms with Crippen molar-refractivity contribution in [1.29, 1.82) is 0 Å². The largest absolute Gasteiger partial charge is 0.497 e. The summed E-state index contributed by atoms with van der Waals surface area (Å²) < 4.78 is 31.2. The summed E-state index contributed by atoms with van der Waals surface area (Å²) in [6, 6.07) is 20.5. The molecule has 0 saturated carbocycles. The fraction of sp³-hybridized carbons (Fsp3) is 0.130. The van der Waals surface area contributed by atoms with Crippen molar-refractivity contribution in [3.63, 3.8) is 0 Å². The summed E-state index contributed by atoms with van der Waals surface area (Å²) in [5, 5.41) is 11.6. The van der Waals surface area contributed by atoms with Crippen LogP contribution in [0, 0.1) is 5.82 Å². The molecule has 4 rings (SSSR count). The first kappa shape index (κ1) is 19.4. The zero-order chi connectivity index (χ0) is 20.9. The second-order valence-corrected chi connectivity index (χ2v) is 6.51. The summed E-state index contributed by atoms with van der Waals surface area (Å²) in [4.78, 5) is 0. The number of methoxy groups -OCH3 is 2. The van der Waals surface area contributed by atoms with Crippen LogP contribution in [0.4, 0.5) is 10.1 Å². The van der Waals surface area contributed by atoms with Gasteiger partial charge >= 0.3 is 0 Å². The molecule has 0 bridgehead atoms. The van der Waals surface area contributed by atoms with Gasteiger partial charge in [-0.25, -0.2) is 4.39 Å². The molecule has 0 spiro atoms. The highest BCUT2D eigenvalue weighted by molar-refractivity contribution is 5.56. The Hall–Kier alpha value is -3.87. The molecule has 0 unspecified atom stereocenters. The Kier molecular flexibility index (Phi) is 5.61. The molecule has 152 valence electrons. The van der Waals surface area contributed by atoms with E-state index in [1.54, 1.807) is 50.6 Å². The van der Waals surface area contributed by atoms with Crippen LogP contribution in [-0.4, -0.2) is 24.4 Å². The number of hydrogen-bond donors (Lipinski definition) is 1. The number of nitrogens with one attached hydrogen (secondary N) is 1. The van der Waals surface area contributed by atoms with Gasteiger partial charge in [0, 0.05) is 35.0 Å². The van der Waals surface area contributed by atoms with Crippen LogP contribution >= 0.6 is 0 Å². The number of hydrogen-bond acceptors (Lipinski definition) is 6. The lowest BCUT2D eigenvalue weighted by atomic mass is 10.1. The molecular weight excluding hydrogens is 385 g/mol. The number of benzene rings is 3.